The Kier molecular flexibility index (Phi) is 4.81. The maximum absolute atomic E-state index is 13.3. The molecular weight excluding hydrogens is 284 g/mol. The summed E-state index contributed by atoms with van der Waals surface area (Å²) in [7, 11) is 0. The first-order chi connectivity index (χ1) is 9.11. The van der Waals surface area contributed by atoms with Crippen molar-refractivity contribution in [2.45, 2.75) is 12.3 Å². The summed E-state index contributed by atoms with van der Waals surface area (Å²) in [6.45, 7) is 0.427. The first-order valence-corrected chi connectivity index (χ1v) is 6.76. The Balaban J connectivity index is 2.29. The highest BCUT2D eigenvalue weighted by molar-refractivity contribution is 6.31. The molecule has 0 amide bonds. The van der Waals surface area contributed by atoms with Crippen molar-refractivity contribution in [3.05, 3.63) is 69.5 Å². The van der Waals surface area contributed by atoms with Gasteiger partial charge < -0.3 is 5.73 Å². The number of nitrogens with two attached hydrogens (primary N) is 1. The van der Waals surface area contributed by atoms with Gasteiger partial charge in [-0.2, -0.15) is 0 Å². The minimum atomic E-state index is -0.297. The first-order valence-electron chi connectivity index (χ1n) is 6.00. The fourth-order valence-corrected chi connectivity index (χ4v) is 2.58. The van der Waals surface area contributed by atoms with Gasteiger partial charge in [-0.1, -0.05) is 41.4 Å². The molecule has 2 aromatic carbocycles. The van der Waals surface area contributed by atoms with Crippen LogP contribution in [-0.4, -0.2) is 6.54 Å². The molecule has 0 saturated heterocycles. The molecule has 100 valence electrons. The van der Waals surface area contributed by atoms with Crippen LogP contribution < -0.4 is 5.73 Å². The molecule has 2 aromatic rings. The maximum atomic E-state index is 13.3. The molecule has 0 aliphatic heterocycles. The van der Waals surface area contributed by atoms with Crippen molar-refractivity contribution >= 4 is 23.2 Å². The quantitative estimate of drug-likeness (QED) is 0.888. The van der Waals surface area contributed by atoms with E-state index >= 15 is 0 Å². The zero-order valence-corrected chi connectivity index (χ0v) is 11.8. The van der Waals surface area contributed by atoms with Gasteiger partial charge in [0.2, 0.25) is 0 Å². The van der Waals surface area contributed by atoms with E-state index in [-0.39, 0.29) is 11.7 Å². The van der Waals surface area contributed by atoms with Crippen molar-refractivity contribution in [3.63, 3.8) is 0 Å². The van der Waals surface area contributed by atoms with E-state index in [1.54, 1.807) is 6.07 Å². The van der Waals surface area contributed by atoms with E-state index in [1.165, 1.54) is 12.1 Å². The third-order valence-electron chi connectivity index (χ3n) is 3.10. The summed E-state index contributed by atoms with van der Waals surface area (Å²) in [4.78, 5) is 0. The van der Waals surface area contributed by atoms with Gasteiger partial charge in [0.25, 0.3) is 0 Å². The lowest BCUT2D eigenvalue weighted by Crippen LogP contribution is -2.15. The molecule has 0 aliphatic rings. The van der Waals surface area contributed by atoms with Crippen molar-refractivity contribution < 1.29 is 4.39 Å². The van der Waals surface area contributed by atoms with Crippen LogP contribution >= 0.6 is 23.2 Å². The third kappa shape index (κ3) is 3.47. The topological polar surface area (TPSA) is 26.0 Å². The van der Waals surface area contributed by atoms with Gasteiger partial charge in [-0.05, 0) is 48.4 Å². The van der Waals surface area contributed by atoms with Gasteiger partial charge in [-0.3, -0.25) is 0 Å². The Labute approximate surface area is 122 Å². The summed E-state index contributed by atoms with van der Waals surface area (Å²) < 4.78 is 13.3. The van der Waals surface area contributed by atoms with Gasteiger partial charge >= 0.3 is 0 Å². The van der Waals surface area contributed by atoms with Crippen molar-refractivity contribution in [1.29, 1.82) is 0 Å². The second-order valence-electron chi connectivity index (χ2n) is 4.39. The van der Waals surface area contributed by atoms with Crippen LogP contribution in [0.5, 0.6) is 0 Å². The lowest BCUT2D eigenvalue weighted by atomic mass is 9.92. The summed E-state index contributed by atoms with van der Waals surface area (Å²) in [6, 6.07) is 11.9. The van der Waals surface area contributed by atoms with Gasteiger partial charge in [-0.15, -0.1) is 0 Å². The molecule has 0 aliphatic carbocycles. The average Bonchev–Trinajstić information content (AvgIpc) is 2.41. The van der Waals surface area contributed by atoms with E-state index in [0.29, 0.717) is 23.0 Å². The summed E-state index contributed by atoms with van der Waals surface area (Å²) in [5.74, 6) is -0.276. The molecule has 1 unspecified atom stereocenters. The summed E-state index contributed by atoms with van der Waals surface area (Å²) >= 11 is 12.3. The zero-order valence-electron chi connectivity index (χ0n) is 10.2. The minimum absolute atomic E-state index is 0.0213. The Morgan fingerprint density at radius 2 is 1.79 bits per heavy atom. The molecular formula is C15H14Cl2FN. The fraction of sp³-hybridized carbons (Fsp3) is 0.200. The molecule has 2 N–H and O–H groups in total. The maximum Gasteiger partial charge on any atom is 0.123 e. The molecule has 0 radical (unpaired) electrons. The van der Waals surface area contributed by atoms with Crippen LogP contribution in [0.4, 0.5) is 4.39 Å². The van der Waals surface area contributed by atoms with E-state index < -0.39 is 0 Å². The summed E-state index contributed by atoms with van der Waals surface area (Å²) in [6.07, 6.45) is 0.566. The monoisotopic (exact) mass is 297 g/mol. The van der Waals surface area contributed by atoms with Crippen molar-refractivity contribution in [3.8, 4) is 0 Å². The molecule has 1 nitrogen and oxygen atoms in total. The second kappa shape index (κ2) is 6.38. The summed E-state index contributed by atoms with van der Waals surface area (Å²) in [5, 5.41) is 1.22. The van der Waals surface area contributed by atoms with E-state index in [4.69, 9.17) is 28.9 Å². The van der Waals surface area contributed by atoms with Gasteiger partial charge in [-0.25, -0.2) is 4.39 Å². The molecule has 0 saturated carbocycles. The Morgan fingerprint density at radius 1 is 1.05 bits per heavy atom. The molecule has 0 fully saturated rings. The van der Waals surface area contributed by atoms with Crippen LogP contribution in [-0.2, 0) is 6.42 Å². The lowest BCUT2D eigenvalue weighted by molar-refractivity contribution is 0.621. The van der Waals surface area contributed by atoms with Crippen LogP contribution in [0.15, 0.2) is 42.5 Å². The number of halogens is 3. The SMILES string of the molecule is NCC(Cc1cc(F)ccc1Cl)c1ccccc1Cl. The standard InChI is InChI=1S/C15H14Cl2FN/c16-14-6-5-12(18)8-10(14)7-11(9-19)13-3-1-2-4-15(13)17/h1-6,8,11H,7,9,19H2. The Morgan fingerprint density at radius 3 is 2.47 bits per heavy atom. The number of benzene rings is 2. The zero-order chi connectivity index (χ0) is 13.8. The van der Waals surface area contributed by atoms with E-state index in [2.05, 4.69) is 0 Å². The van der Waals surface area contributed by atoms with E-state index in [0.717, 1.165) is 11.1 Å². The summed E-state index contributed by atoms with van der Waals surface area (Å²) in [5.41, 5.74) is 7.53. The predicted octanol–water partition coefficient (Wildman–Crippen LogP) is 4.42. The van der Waals surface area contributed by atoms with E-state index in [1.807, 2.05) is 24.3 Å². The molecule has 0 spiro atoms. The number of hydrogen-bond donors (Lipinski definition) is 1. The predicted molar refractivity (Wildman–Crippen MR) is 78.4 cm³/mol. The molecule has 0 heterocycles. The highest BCUT2D eigenvalue weighted by Gasteiger charge is 2.15. The van der Waals surface area contributed by atoms with Crippen LogP contribution in [0, 0.1) is 5.82 Å². The van der Waals surface area contributed by atoms with Gasteiger partial charge in [0.05, 0.1) is 0 Å². The highest BCUT2D eigenvalue weighted by Crippen LogP contribution is 2.29. The van der Waals surface area contributed by atoms with Crippen molar-refractivity contribution in [2.24, 2.45) is 5.73 Å². The molecule has 2 rings (SSSR count). The normalized spacial score (nSPS) is 12.4. The first kappa shape index (κ1) is 14.3. The molecule has 4 heteroatoms. The fourth-order valence-electron chi connectivity index (χ4n) is 2.09. The lowest BCUT2D eigenvalue weighted by Gasteiger charge is -2.17. The number of rotatable bonds is 4. The molecule has 0 aromatic heterocycles. The third-order valence-corrected chi connectivity index (χ3v) is 3.82. The Hall–Kier alpha value is -1.09. The molecule has 0 bridgehead atoms. The smallest absolute Gasteiger partial charge is 0.123 e. The second-order valence-corrected chi connectivity index (χ2v) is 5.21. The van der Waals surface area contributed by atoms with Crippen molar-refractivity contribution in [2.75, 3.05) is 6.54 Å². The van der Waals surface area contributed by atoms with Gasteiger partial charge in [0.1, 0.15) is 5.82 Å². The minimum Gasteiger partial charge on any atom is -0.330 e. The van der Waals surface area contributed by atoms with Crippen LogP contribution in [0.3, 0.4) is 0 Å². The van der Waals surface area contributed by atoms with E-state index in [9.17, 15) is 4.39 Å². The largest absolute Gasteiger partial charge is 0.330 e. The van der Waals surface area contributed by atoms with Crippen LogP contribution in [0.25, 0.3) is 0 Å². The van der Waals surface area contributed by atoms with Crippen LogP contribution in [0.2, 0.25) is 10.0 Å². The number of hydrogen-bond acceptors (Lipinski definition) is 1. The Bertz CT molecular complexity index is 572. The molecule has 19 heavy (non-hydrogen) atoms. The van der Waals surface area contributed by atoms with Crippen molar-refractivity contribution in [1.82, 2.24) is 0 Å². The van der Waals surface area contributed by atoms with Crippen LogP contribution in [0.1, 0.15) is 17.0 Å². The molecule has 1 atom stereocenters. The van der Waals surface area contributed by atoms with Gasteiger partial charge in [0.15, 0.2) is 0 Å². The highest BCUT2D eigenvalue weighted by atomic mass is 35.5. The van der Waals surface area contributed by atoms with Gasteiger partial charge in [0, 0.05) is 16.0 Å². The average molecular weight is 298 g/mol.